The van der Waals surface area contributed by atoms with E-state index in [1.54, 1.807) is 0 Å². The number of carboxylic acids is 1. The fourth-order valence-corrected chi connectivity index (χ4v) is 1.66. The van der Waals surface area contributed by atoms with Crippen molar-refractivity contribution in [2.75, 3.05) is 7.11 Å². The number of carbonyl (C=O) groups excluding carboxylic acids is 1. The van der Waals surface area contributed by atoms with Crippen LogP contribution in [0, 0.1) is 0 Å². The Morgan fingerprint density at radius 1 is 1.47 bits per heavy atom. The number of methoxy groups -OCH3 is 1. The van der Waals surface area contributed by atoms with Crippen LogP contribution in [0.3, 0.4) is 0 Å². The number of carboxylic acid groups (broad SMARTS) is 1. The maximum atomic E-state index is 10.8. The molecule has 0 radical (unpaired) electrons. The number of ether oxygens (including phenoxy) is 2. The summed E-state index contributed by atoms with van der Waals surface area (Å²) in [5, 5.41) is 8.73. The molecule has 0 aromatic heterocycles. The van der Waals surface area contributed by atoms with E-state index in [1.807, 2.05) is 0 Å². The van der Waals surface area contributed by atoms with Crippen molar-refractivity contribution < 1.29 is 24.2 Å². The number of hydrogen-bond acceptors (Lipinski definition) is 4. The molecule has 1 N–H and O–H groups in total. The Bertz CT molecular complexity index is 444. The summed E-state index contributed by atoms with van der Waals surface area (Å²) in [5.74, 6) is -0.470. The van der Waals surface area contributed by atoms with Gasteiger partial charge in [-0.3, -0.25) is 4.79 Å². The van der Waals surface area contributed by atoms with Crippen LogP contribution in [0.2, 0.25) is 0 Å². The summed E-state index contributed by atoms with van der Waals surface area (Å²) >= 11 is 3.22. The van der Waals surface area contributed by atoms with E-state index in [2.05, 4.69) is 15.9 Å². The number of aliphatic carboxylic acids is 1. The number of rotatable bonds is 5. The first-order valence-corrected chi connectivity index (χ1v) is 5.51. The highest BCUT2D eigenvalue weighted by atomic mass is 79.9. The monoisotopic (exact) mass is 302 g/mol. The zero-order valence-electron chi connectivity index (χ0n) is 9.27. The summed E-state index contributed by atoms with van der Waals surface area (Å²) in [7, 11) is 1.46. The lowest BCUT2D eigenvalue weighted by Gasteiger charge is -2.14. The van der Waals surface area contributed by atoms with Gasteiger partial charge in [0.15, 0.2) is 12.4 Å². The molecule has 0 bridgehead atoms. The second-order valence-corrected chi connectivity index (χ2v) is 4.10. The van der Waals surface area contributed by atoms with Gasteiger partial charge in [0.1, 0.15) is 11.5 Å². The van der Waals surface area contributed by atoms with E-state index < -0.39 is 12.1 Å². The van der Waals surface area contributed by atoms with Crippen LogP contribution >= 0.6 is 15.9 Å². The first-order chi connectivity index (χ1) is 7.99. The average Bonchev–Trinajstić information content (AvgIpc) is 2.30. The smallest absolute Gasteiger partial charge is 0.344 e. The van der Waals surface area contributed by atoms with Gasteiger partial charge in [0.2, 0.25) is 0 Å². The molecule has 1 aromatic carbocycles. The summed E-state index contributed by atoms with van der Waals surface area (Å²) in [6, 6.07) is 2.98. The molecule has 6 heteroatoms. The maximum absolute atomic E-state index is 10.8. The van der Waals surface area contributed by atoms with Gasteiger partial charge in [0.05, 0.1) is 17.1 Å². The third-order valence-electron chi connectivity index (χ3n) is 2.06. The highest BCUT2D eigenvalue weighted by Gasteiger charge is 2.16. The van der Waals surface area contributed by atoms with Crippen LogP contribution in [-0.4, -0.2) is 30.6 Å². The van der Waals surface area contributed by atoms with Crippen LogP contribution in [0.4, 0.5) is 0 Å². The lowest BCUT2D eigenvalue weighted by molar-refractivity contribution is -0.144. The number of hydrogen-bond donors (Lipinski definition) is 1. The fourth-order valence-electron chi connectivity index (χ4n) is 1.14. The quantitative estimate of drug-likeness (QED) is 0.844. The van der Waals surface area contributed by atoms with Crippen molar-refractivity contribution in [3.8, 4) is 11.5 Å². The summed E-state index contributed by atoms with van der Waals surface area (Å²) < 4.78 is 10.8. The van der Waals surface area contributed by atoms with Gasteiger partial charge in [-0.1, -0.05) is 0 Å². The second kappa shape index (κ2) is 5.67. The van der Waals surface area contributed by atoms with Crippen molar-refractivity contribution in [1.82, 2.24) is 0 Å². The van der Waals surface area contributed by atoms with Crippen molar-refractivity contribution in [3.05, 3.63) is 22.2 Å². The molecule has 1 atom stereocenters. The highest BCUT2D eigenvalue weighted by Crippen LogP contribution is 2.32. The lowest BCUT2D eigenvalue weighted by Crippen LogP contribution is -2.23. The SMILES string of the molecule is COc1cc(OC(C)C(=O)O)c(C=O)cc1Br. The molecular weight excluding hydrogens is 292 g/mol. The zero-order chi connectivity index (χ0) is 13.0. The molecule has 0 spiro atoms. The molecule has 5 nitrogen and oxygen atoms in total. The standard InChI is InChI=1S/C11H11BrO5/c1-6(11(14)15)17-9-4-10(16-2)8(12)3-7(9)5-13/h3-6H,1-2H3,(H,14,15). The molecule has 0 aliphatic heterocycles. The van der Waals surface area contributed by atoms with Gasteiger partial charge in [-0.05, 0) is 28.9 Å². The summed E-state index contributed by atoms with van der Waals surface area (Å²) in [6.07, 6.45) is -0.451. The van der Waals surface area contributed by atoms with E-state index in [0.29, 0.717) is 16.5 Å². The fraction of sp³-hybridized carbons (Fsp3) is 0.273. The summed E-state index contributed by atoms with van der Waals surface area (Å²) in [6.45, 7) is 1.38. The van der Waals surface area contributed by atoms with E-state index >= 15 is 0 Å². The van der Waals surface area contributed by atoms with Crippen LogP contribution in [0.5, 0.6) is 11.5 Å². The molecule has 92 valence electrons. The van der Waals surface area contributed by atoms with Crippen molar-refractivity contribution in [2.45, 2.75) is 13.0 Å². The zero-order valence-corrected chi connectivity index (χ0v) is 10.9. The normalized spacial score (nSPS) is 11.7. The molecule has 0 heterocycles. The first kappa shape index (κ1) is 13.5. The molecule has 0 aliphatic rings. The molecule has 1 rings (SSSR count). The molecular formula is C11H11BrO5. The van der Waals surface area contributed by atoms with Gasteiger partial charge in [-0.2, -0.15) is 0 Å². The number of aldehydes is 1. The van der Waals surface area contributed by atoms with Gasteiger partial charge in [-0.15, -0.1) is 0 Å². The minimum Gasteiger partial charge on any atom is -0.495 e. The predicted octanol–water partition coefficient (Wildman–Crippen LogP) is 2.12. The Labute approximate surface area is 106 Å². The molecule has 0 saturated heterocycles. The van der Waals surface area contributed by atoms with Crippen molar-refractivity contribution in [2.24, 2.45) is 0 Å². The van der Waals surface area contributed by atoms with Gasteiger partial charge < -0.3 is 14.6 Å². The van der Waals surface area contributed by atoms with E-state index in [1.165, 1.54) is 26.2 Å². The topological polar surface area (TPSA) is 72.8 Å². The molecule has 0 fully saturated rings. The van der Waals surface area contributed by atoms with Gasteiger partial charge in [-0.25, -0.2) is 4.79 Å². The van der Waals surface area contributed by atoms with E-state index in [0.717, 1.165) is 0 Å². The first-order valence-electron chi connectivity index (χ1n) is 4.71. The maximum Gasteiger partial charge on any atom is 0.344 e. The Balaban J connectivity index is 3.12. The van der Waals surface area contributed by atoms with Gasteiger partial charge in [0, 0.05) is 6.07 Å². The van der Waals surface area contributed by atoms with Crippen LogP contribution < -0.4 is 9.47 Å². The van der Waals surface area contributed by atoms with Crippen LogP contribution in [0.15, 0.2) is 16.6 Å². The molecule has 0 saturated carbocycles. The third-order valence-corrected chi connectivity index (χ3v) is 2.68. The van der Waals surface area contributed by atoms with Crippen LogP contribution in [0.25, 0.3) is 0 Å². The molecule has 0 aliphatic carbocycles. The Hall–Kier alpha value is -1.56. The Kier molecular flexibility index (Phi) is 4.51. The Morgan fingerprint density at radius 2 is 2.12 bits per heavy atom. The number of carbonyl (C=O) groups is 2. The number of benzene rings is 1. The Morgan fingerprint density at radius 3 is 2.59 bits per heavy atom. The van der Waals surface area contributed by atoms with E-state index in [-0.39, 0.29) is 11.3 Å². The summed E-state index contributed by atoms with van der Waals surface area (Å²) in [4.78, 5) is 21.5. The number of halogens is 1. The van der Waals surface area contributed by atoms with Crippen molar-refractivity contribution in [3.63, 3.8) is 0 Å². The van der Waals surface area contributed by atoms with Gasteiger partial charge in [0.25, 0.3) is 0 Å². The van der Waals surface area contributed by atoms with Crippen molar-refractivity contribution >= 4 is 28.2 Å². The largest absolute Gasteiger partial charge is 0.495 e. The predicted molar refractivity (Wildman–Crippen MR) is 63.8 cm³/mol. The van der Waals surface area contributed by atoms with Crippen LogP contribution in [-0.2, 0) is 4.79 Å². The third kappa shape index (κ3) is 3.20. The average molecular weight is 303 g/mol. The van der Waals surface area contributed by atoms with Crippen molar-refractivity contribution in [1.29, 1.82) is 0 Å². The summed E-state index contributed by atoms with van der Waals surface area (Å²) in [5.41, 5.74) is 0.255. The lowest BCUT2D eigenvalue weighted by atomic mass is 10.2. The van der Waals surface area contributed by atoms with E-state index in [4.69, 9.17) is 14.6 Å². The second-order valence-electron chi connectivity index (χ2n) is 3.24. The molecule has 1 aromatic rings. The molecule has 1 unspecified atom stereocenters. The van der Waals surface area contributed by atoms with Gasteiger partial charge >= 0.3 is 5.97 Å². The molecule has 17 heavy (non-hydrogen) atoms. The minimum atomic E-state index is -1.11. The highest BCUT2D eigenvalue weighted by molar-refractivity contribution is 9.10. The molecule has 0 amide bonds. The van der Waals surface area contributed by atoms with E-state index in [9.17, 15) is 9.59 Å². The van der Waals surface area contributed by atoms with Crippen LogP contribution in [0.1, 0.15) is 17.3 Å². The minimum absolute atomic E-state index is 0.176.